The molecule has 0 bridgehead atoms. The van der Waals surface area contributed by atoms with Crippen molar-refractivity contribution in [1.82, 2.24) is 9.78 Å². The van der Waals surface area contributed by atoms with Gasteiger partial charge in [0.25, 0.3) is 0 Å². The molecule has 0 aliphatic rings. The Bertz CT molecular complexity index is 399. The lowest BCUT2D eigenvalue weighted by Crippen LogP contribution is -2.24. The molecule has 16 heavy (non-hydrogen) atoms. The van der Waals surface area contributed by atoms with Crippen molar-refractivity contribution in [2.75, 3.05) is 0 Å². The highest BCUT2D eigenvalue weighted by Gasteiger charge is 2.10. The highest BCUT2D eigenvalue weighted by Crippen LogP contribution is 2.17. The van der Waals surface area contributed by atoms with Crippen molar-refractivity contribution in [1.29, 1.82) is 0 Å². The van der Waals surface area contributed by atoms with Crippen LogP contribution in [-0.2, 0) is 0 Å². The van der Waals surface area contributed by atoms with Gasteiger partial charge in [-0.15, -0.1) is 0 Å². The molecular weight excluding hydrogens is 200 g/mol. The molecule has 0 radical (unpaired) electrons. The molecule has 0 aromatic carbocycles. The molecule has 0 fully saturated rings. The number of aliphatic imine (C=N–C) groups is 1. The summed E-state index contributed by atoms with van der Waals surface area (Å²) in [6.45, 7) is 8.34. The van der Waals surface area contributed by atoms with Gasteiger partial charge in [0, 0.05) is 11.9 Å². The summed E-state index contributed by atoms with van der Waals surface area (Å²) in [6, 6.07) is 0. The summed E-state index contributed by atoms with van der Waals surface area (Å²) in [6.07, 6.45) is 6.47. The van der Waals surface area contributed by atoms with Crippen molar-refractivity contribution in [3.05, 3.63) is 29.7 Å². The van der Waals surface area contributed by atoms with Crippen molar-refractivity contribution in [3.8, 4) is 0 Å². The Labute approximate surface area is 96.9 Å². The van der Waals surface area contributed by atoms with Crippen LogP contribution in [0.1, 0.15) is 44.4 Å². The molecule has 4 nitrogen and oxygen atoms in total. The Balaban J connectivity index is 2.96. The van der Waals surface area contributed by atoms with Gasteiger partial charge in [0.05, 0.1) is 6.20 Å². The number of aromatic nitrogens is 2. The summed E-state index contributed by atoms with van der Waals surface area (Å²) in [5.74, 6) is 0.863. The summed E-state index contributed by atoms with van der Waals surface area (Å²) < 4.78 is 1.68. The van der Waals surface area contributed by atoms with E-state index in [4.69, 9.17) is 5.73 Å². The first-order chi connectivity index (χ1) is 7.57. The second-order valence-electron chi connectivity index (χ2n) is 4.03. The zero-order valence-electron chi connectivity index (χ0n) is 10.4. The highest BCUT2D eigenvalue weighted by atomic mass is 15.3. The van der Waals surface area contributed by atoms with E-state index in [1.165, 1.54) is 5.56 Å². The SMILES string of the molecule is CC/C=C/N=C(N)n1ncc(C(C)C)c1C. The summed E-state index contributed by atoms with van der Waals surface area (Å²) in [5.41, 5.74) is 8.11. The van der Waals surface area contributed by atoms with E-state index in [2.05, 4.69) is 30.9 Å². The van der Waals surface area contributed by atoms with Gasteiger partial charge < -0.3 is 5.73 Å². The lowest BCUT2D eigenvalue weighted by atomic mass is 10.1. The van der Waals surface area contributed by atoms with Gasteiger partial charge in [-0.25, -0.2) is 9.67 Å². The molecule has 2 N–H and O–H groups in total. The van der Waals surface area contributed by atoms with Gasteiger partial charge in [-0.1, -0.05) is 26.8 Å². The van der Waals surface area contributed by atoms with Crippen molar-refractivity contribution in [3.63, 3.8) is 0 Å². The van der Waals surface area contributed by atoms with Gasteiger partial charge in [0.15, 0.2) is 0 Å². The molecule has 0 unspecified atom stereocenters. The lowest BCUT2D eigenvalue weighted by Gasteiger charge is -2.05. The molecule has 0 saturated heterocycles. The maximum atomic E-state index is 5.85. The molecule has 0 atom stereocenters. The molecule has 0 spiro atoms. The fourth-order valence-electron chi connectivity index (χ4n) is 1.51. The standard InChI is InChI=1S/C12H20N4/c1-5-6-7-14-12(13)16-10(4)11(8-15-16)9(2)3/h6-9H,5H2,1-4H3,(H2,13,14)/b7-6+. The fraction of sp³-hybridized carbons (Fsp3) is 0.500. The zero-order valence-corrected chi connectivity index (χ0v) is 10.4. The average Bonchev–Trinajstić information content (AvgIpc) is 2.60. The Kier molecular flexibility index (Phi) is 4.28. The number of hydrogen-bond acceptors (Lipinski definition) is 2. The van der Waals surface area contributed by atoms with Crippen LogP contribution in [0.25, 0.3) is 0 Å². The van der Waals surface area contributed by atoms with Crippen LogP contribution in [0.15, 0.2) is 23.5 Å². The number of rotatable bonds is 3. The second-order valence-corrected chi connectivity index (χ2v) is 4.03. The van der Waals surface area contributed by atoms with E-state index in [1.807, 2.05) is 19.2 Å². The summed E-state index contributed by atoms with van der Waals surface area (Å²) in [7, 11) is 0. The van der Waals surface area contributed by atoms with Crippen LogP contribution in [0.5, 0.6) is 0 Å². The van der Waals surface area contributed by atoms with E-state index in [1.54, 1.807) is 10.9 Å². The van der Waals surface area contributed by atoms with Gasteiger partial charge in [0.2, 0.25) is 5.96 Å². The van der Waals surface area contributed by atoms with Gasteiger partial charge in [-0.3, -0.25) is 0 Å². The van der Waals surface area contributed by atoms with E-state index >= 15 is 0 Å². The quantitative estimate of drug-likeness (QED) is 0.628. The third-order valence-electron chi connectivity index (χ3n) is 2.43. The normalized spacial score (nSPS) is 12.9. The Hall–Kier alpha value is -1.58. The number of nitrogens with zero attached hydrogens (tertiary/aromatic N) is 3. The maximum Gasteiger partial charge on any atom is 0.221 e. The topological polar surface area (TPSA) is 56.2 Å². The van der Waals surface area contributed by atoms with E-state index in [9.17, 15) is 0 Å². The Morgan fingerprint density at radius 3 is 2.81 bits per heavy atom. The third kappa shape index (κ3) is 2.72. The average molecular weight is 220 g/mol. The van der Waals surface area contributed by atoms with Crippen LogP contribution >= 0.6 is 0 Å². The molecule has 1 rings (SSSR count). The van der Waals surface area contributed by atoms with Crippen LogP contribution < -0.4 is 5.73 Å². The van der Waals surface area contributed by atoms with E-state index in [0.29, 0.717) is 11.9 Å². The third-order valence-corrected chi connectivity index (χ3v) is 2.43. The molecule has 0 aliphatic heterocycles. The van der Waals surface area contributed by atoms with Gasteiger partial charge >= 0.3 is 0 Å². The van der Waals surface area contributed by atoms with Crippen LogP contribution in [-0.4, -0.2) is 15.7 Å². The first kappa shape index (κ1) is 12.5. The van der Waals surface area contributed by atoms with Crippen LogP contribution in [0.2, 0.25) is 0 Å². The van der Waals surface area contributed by atoms with Crippen molar-refractivity contribution in [2.24, 2.45) is 10.7 Å². The lowest BCUT2D eigenvalue weighted by molar-refractivity contribution is 0.841. The minimum atomic E-state index is 0.411. The second kappa shape index (κ2) is 5.49. The molecular formula is C12H20N4. The minimum Gasteiger partial charge on any atom is -0.368 e. The molecule has 1 aromatic rings. The van der Waals surface area contributed by atoms with Crippen LogP contribution in [0, 0.1) is 6.92 Å². The van der Waals surface area contributed by atoms with Crippen LogP contribution in [0.3, 0.4) is 0 Å². The molecule has 1 heterocycles. The maximum absolute atomic E-state index is 5.85. The Morgan fingerprint density at radius 2 is 2.31 bits per heavy atom. The van der Waals surface area contributed by atoms with E-state index < -0.39 is 0 Å². The fourth-order valence-corrected chi connectivity index (χ4v) is 1.51. The van der Waals surface area contributed by atoms with Gasteiger partial charge in [-0.2, -0.15) is 5.10 Å². The predicted molar refractivity (Wildman–Crippen MR) is 67.5 cm³/mol. The highest BCUT2D eigenvalue weighted by molar-refractivity contribution is 5.81. The minimum absolute atomic E-state index is 0.411. The number of nitrogens with two attached hydrogens (primary N) is 1. The molecule has 0 saturated carbocycles. The molecule has 0 aliphatic carbocycles. The molecule has 1 aromatic heterocycles. The molecule has 88 valence electrons. The van der Waals surface area contributed by atoms with Crippen molar-refractivity contribution < 1.29 is 0 Å². The summed E-state index contributed by atoms with van der Waals surface area (Å²) >= 11 is 0. The largest absolute Gasteiger partial charge is 0.368 e. The van der Waals surface area contributed by atoms with Gasteiger partial charge in [0.1, 0.15) is 0 Å². The predicted octanol–water partition coefficient (Wildman–Crippen LogP) is 2.40. The summed E-state index contributed by atoms with van der Waals surface area (Å²) in [4.78, 5) is 4.13. The smallest absolute Gasteiger partial charge is 0.221 e. The van der Waals surface area contributed by atoms with Crippen molar-refractivity contribution in [2.45, 2.75) is 40.0 Å². The zero-order chi connectivity index (χ0) is 12.1. The van der Waals surface area contributed by atoms with E-state index in [-0.39, 0.29) is 0 Å². The van der Waals surface area contributed by atoms with Gasteiger partial charge in [-0.05, 0) is 24.8 Å². The first-order valence-corrected chi connectivity index (χ1v) is 5.61. The number of allylic oxidation sites excluding steroid dienone is 1. The molecule has 4 heteroatoms. The monoisotopic (exact) mass is 220 g/mol. The van der Waals surface area contributed by atoms with Crippen molar-refractivity contribution >= 4 is 5.96 Å². The summed E-state index contributed by atoms with van der Waals surface area (Å²) in [5, 5.41) is 4.24. The number of hydrogen-bond donors (Lipinski definition) is 1. The van der Waals surface area contributed by atoms with E-state index in [0.717, 1.165) is 12.1 Å². The Morgan fingerprint density at radius 1 is 1.62 bits per heavy atom. The van der Waals surface area contributed by atoms with Crippen LogP contribution in [0.4, 0.5) is 0 Å². The molecule has 0 amide bonds. The first-order valence-electron chi connectivity index (χ1n) is 5.61.